The Morgan fingerprint density at radius 1 is 1.29 bits per heavy atom. The first-order valence-corrected chi connectivity index (χ1v) is 7.08. The van der Waals surface area contributed by atoms with E-state index in [0.717, 1.165) is 22.5 Å². The van der Waals surface area contributed by atoms with Crippen LogP contribution in [0.25, 0.3) is 0 Å². The van der Waals surface area contributed by atoms with Gasteiger partial charge < -0.3 is 5.32 Å². The zero-order valence-corrected chi connectivity index (χ0v) is 11.2. The van der Waals surface area contributed by atoms with E-state index < -0.39 is 0 Å². The molecule has 2 nitrogen and oxygen atoms in total. The van der Waals surface area contributed by atoms with Crippen molar-refractivity contribution in [3.05, 3.63) is 28.7 Å². The Labute approximate surface area is 110 Å². The summed E-state index contributed by atoms with van der Waals surface area (Å²) in [4.78, 5) is 12.2. The molecule has 0 radical (unpaired) electrons. The largest absolute Gasteiger partial charge is 0.326 e. The second kappa shape index (κ2) is 4.45. The van der Waals surface area contributed by atoms with E-state index in [-0.39, 0.29) is 11.8 Å². The van der Waals surface area contributed by atoms with E-state index in [9.17, 15) is 4.79 Å². The number of nitrogens with one attached hydrogen (secondary N) is 1. The predicted molar refractivity (Wildman–Crippen MR) is 71.7 cm³/mol. The maximum atomic E-state index is 12.2. The molecule has 3 rings (SSSR count). The fraction of sp³-hybridized carbons (Fsp3) is 0.500. The van der Waals surface area contributed by atoms with Gasteiger partial charge in [-0.1, -0.05) is 28.4 Å². The SMILES string of the molecule is O=C(Nc1cccc(Br)c1)C1CC2CCC1C2. The number of hydrogen-bond donors (Lipinski definition) is 1. The predicted octanol–water partition coefficient (Wildman–Crippen LogP) is 3.82. The molecule has 90 valence electrons. The Morgan fingerprint density at radius 2 is 2.18 bits per heavy atom. The van der Waals surface area contributed by atoms with Crippen LogP contribution in [0.3, 0.4) is 0 Å². The highest BCUT2D eigenvalue weighted by Crippen LogP contribution is 2.48. The number of amides is 1. The van der Waals surface area contributed by atoms with Crippen LogP contribution < -0.4 is 5.32 Å². The van der Waals surface area contributed by atoms with Crippen molar-refractivity contribution in [2.75, 3.05) is 5.32 Å². The molecule has 0 aromatic heterocycles. The second-order valence-corrected chi connectivity index (χ2v) is 6.20. The number of fused-ring (bicyclic) bond motifs is 2. The van der Waals surface area contributed by atoms with E-state index in [1.807, 2.05) is 24.3 Å². The van der Waals surface area contributed by atoms with Gasteiger partial charge in [0.2, 0.25) is 5.91 Å². The van der Waals surface area contributed by atoms with Crippen LogP contribution in [0.1, 0.15) is 25.7 Å². The van der Waals surface area contributed by atoms with Gasteiger partial charge in [-0.15, -0.1) is 0 Å². The Morgan fingerprint density at radius 3 is 2.82 bits per heavy atom. The molecule has 2 saturated carbocycles. The van der Waals surface area contributed by atoms with Crippen molar-refractivity contribution in [3.8, 4) is 0 Å². The van der Waals surface area contributed by atoms with Crippen LogP contribution in [0, 0.1) is 17.8 Å². The first kappa shape index (κ1) is 11.3. The number of hydrogen-bond acceptors (Lipinski definition) is 1. The van der Waals surface area contributed by atoms with Crippen LogP contribution in [-0.4, -0.2) is 5.91 Å². The lowest BCUT2D eigenvalue weighted by molar-refractivity contribution is -0.121. The lowest BCUT2D eigenvalue weighted by Crippen LogP contribution is -2.27. The summed E-state index contributed by atoms with van der Waals surface area (Å²) in [7, 11) is 0. The molecule has 1 N–H and O–H groups in total. The van der Waals surface area contributed by atoms with E-state index in [4.69, 9.17) is 0 Å². The molecule has 1 aromatic carbocycles. The van der Waals surface area contributed by atoms with Crippen molar-refractivity contribution in [1.29, 1.82) is 0 Å². The Balaban J connectivity index is 1.68. The lowest BCUT2D eigenvalue weighted by atomic mass is 9.88. The monoisotopic (exact) mass is 293 g/mol. The third kappa shape index (κ3) is 2.25. The lowest BCUT2D eigenvalue weighted by Gasteiger charge is -2.20. The first-order chi connectivity index (χ1) is 8.22. The van der Waals surface area contributed by atoms with Crippen LogP contribution >= 0.6 is 15.9 Å². The zero-order chi connectivity index (χ0) is 11.8. The van der Waals surface area contributed by atoms with Gasteiger partial charge in [-0.2, -0.15) is 0 Å². The highest BCUT2D eigenvalue weighted by molar-refractivity contribution is 9.10. The van der Waals surface area contributed by atoms with E-state index in [1.165, 1.54) is 19.3 Å². The van der Waals surface area contributed by atoms with Gasteiger partial charge in [0.25, 0.3) is 0 Å². The van der Waals surface area contributed by atoms with E-state index in [1.54, 1.807) is 0 Å². The molecular weight excluding hydrogens is 278 g/mol. The van der Waals surface area contributed by atoms with Crippen molar-refractivity contribution < 1.29 is 4.79 Å². The van der Waals surface area contributed by atoms with Crippen molar-refractivity contribution in [1.82, 2.24) is 0 Å². The molecule has 3 atom stereocenters. The first-order valence-electron chi connectivity index (χ1n) is 6.29. The fourth-order valence-electron chi connectivity index (χ4n) is 3.37. The molecule has 0 heterocycles. The van der Waals surface area contributed by atoms with Crippen LogP contribution in [0.4, 0.5) is 5.69 Å². The Hall–Kier alpha value is -0.830. The van der Waals surface area contributed by atoms with Gasteiger partial charge in [0.1, 0.15) is 0 Å². The van der Waals surface area contributed by atoms with Crippen molar-refractivity contribution >= 4 is 27.5 Å². The third-order valence-corrected chi connectivity index (χ3v) is 4.66. The molecule has 1 amide bonds. The molecule has 2 bridgehead atoms. The van der Waals surface area contributed by atoms with Crippen LogP contribution in [0.5, 0.6) is 0 Å². The zero-order valence-electron chi connectivity index (χ0n) is 9.66. The molecule has 0 aliphatic heterocycles. The molecular formula is C14H16BrNO. The normalized spacial score (nSPS) is 30.5. The number of carbonyl (C=O) groups excluding carboxylic acids is 1. The van der Waals surface area contributed by atoms with Gasteiger partial charge in [0.15, 0.2) is 0 Å². The molecule has 2 fully saturated rings. The topological polar surface area (TPSA) is 29.1 Å². The summed E-state index contributed by atoms with van der Waals surface area (Å²) in [6, 6.07) is 7.80. The van der Waals surface area contributed by atoms with Gasteiger partial charge in [-0.05, 0) is 49.3 Å². The van der Waals surface area contributed by atoms with E-state index in [2.05, 4.69) is 21.2 Å². The van der Waals surface area contributed by atoms with Crippen molar-refractivity contribution in [2.24, 2.45) is 17.8 Å². The summed E-state index contributed by atoms with van der Waals surface area (Å²) < 4.78 is 1.00. The van der Waals surface area contributed by atoms with Crippen LogP contribution in [0.2, 0.25) is 0 Å². The van der Waals surface area contributed by atoms with Gasteiger partial charge >= 0.3 is 0 Å². The Kier molecular flexibility index (Phi) is 2.95. The maximum absolute atomic E-state index is 12.2. The van der Waals surface area contributed by atoms with Gasteiger partial charge in [0.05, 0.1) is 0 Å². The minimum atomic E-state index is 0.218. The molecule has 2 aliphatic rings. The third-order valence-electron chi connectivity index (χ3n) is 4.17. The minimum absolute atomic E-state index is 0.218. The van der Waals surface area contributed by atoms with E-state index in [0.29, 0.717) is 5.92 Å². The molecule has 17 heavy (non-hydrogen) atoms. The molecule has 1 aromatic rings. The summed E-state index contributed by atoms with van der Waals surface area (Å²) >= 11 is 3.42. The summed E-state index contributed by atoms with van der Waals surface area (Å²) in [6.07, 6.45) is 4.97. The molecule has 0 spiro atoms. The molecule has 0 saturated heterocycles. The van der Waals surface area contributed by atoms with E-state index >= 15 is 0 Å². The molecule has 2 aliphatic carbocycles. The van der Waals surface area contributed by atoms with Gasteiger partial charge in [-0.25, -0.2) is 0 Å². The average molecular weight is 294 g/mol. The number of halogens is 1. The fourth-order valence-corrected chi connectivity index (χ4v) is 3.77. The Bertz CT molecular complexity index is 446. The maximum Gasteiger partial charge on any atom is 0.227 e. The standard InChI is InChI=1S/C14H16BrNO/c15-11-2-1-3-12(8-11)16-14(17)13-7-9-4-5-10(13)6-9/h1-3,8-10,13H,4-7H2,(H,16,17). The smallest absolute Gasteiger partial charge is 0.227 e. The van der Waals surface area contributed by atoms with Crippen molar-refractivity contribution in [2.45, 2.75) is 25.7 Å². The second-order valence-electron chi connectivity index (χ2n) is 5.28. The molecule has 3 heteroatoms. The summed E-state index contributed by atoms with van der Waals surface area (Å²) in [5.74, 6) is 1.94. The number of carbonyl (C=O) groups is 1. The number of anilines is 1. The minimum Gasteiger partial charge on any atom is -0.326 e. The summed E-state index contributed by atoms with van der Waals surface area (Å²) in [5.41, 5.74) is 0.896. The molecule has 3 unspecified atom stereocenters. The highest BCUT2D eigenvalue weighted by Gasteiger charge is 2.42. The average Bonchev–Trinajstić information content (AvgIpc) is 2.90. The highest BCUT2D eigenvalue weighted by atomic mass is 79.9. The summed E-state index contributed by atoms with van der Waals surface area (Å²) in [6.45, 7) is 0. The van der Waals surface area contributed by atoms with Gasteiger partial charge in [-0.3, -0.25) is 4.79 Å². The number of benzene rings is 1. The van der Waals surface area contributed by atoms with Crippen LogP contribution in [-0.2, 0) is 4.79 Å². The van der Waals surface area contributed by atoms with Gasteiger partial charge in [0, 0.05) is 16.1 Å². The summed E-state index contributed by atoms with van der Waals surface area (Å²) in [5, 5.41) is 3.04. The van der Waals surface area contributed by atoms with Crippen molar-refractivity contribution in [3.63, 3.8) is 0 Å². The van der Waals surface area contributed by atoms with Crippen LogP contribution in [0.15, 0.2) is 28.7 Å². The number of rotatable bonds is 2. The quantitative estimate of drug-likeness (QED) is 0.882.